The van der Waals surface area contributed by atoms with E-state index in [0.717, 1.165) is 12.1 Å². The standard InChI is InChI=1S/C12H15F3O/c1-4-16-9(3)10-5-8(2)6-11(7-10)12(13,14)15/h5-7,9H,4H2,1-3H3/t9-/m1/s1. The van der Waals surface area contributed by atoms with Crippen LogP contribution in [0.3, 0.4) is 0 Å². The van der Waals surface area contributed by atoms with Crippen LogP contribution in [0.15, 0.2) is 18.2 Å². The van der Waals surface area contributed by atoms with Gasteiger partial charge in [-0.3, -0.25) is 0 Å². The fourth-order valence-electron chi connectivity index (χ4n) is 1.56. The van der Waals surface area contributed by atoms with Gasteiger partial charge in [-0.15, -0.1) is 0 Å². The van der Waals surface area contributed by atoms with E-state index >= 15 is 0 Å². The van der Waals surface area contributed by atoms with Gasteiger partial charge in [-0.2, -0.15) is 13.2 Å². The molecule has 0 bridgehead atoms. The van der Waals surface area contributed by atoms with Crippen molar-refractivity contribution in [1.82, 2.24) is 0 Å². The number of aryl methyl sites for hydroxylation is 1. The van der Waals surface area contributed by atoms with Gasteiger partial charge in [0.05, 0.1) is 11.7 Å². The highest BCUT2D eigenvalue weighted by Crippen LogP contribution is 2.32. The van der Waals surface area contributed by atoms with E-state index < -0.39 is 11.7 Å². The lowest BCUT2D eigenvalue weighted by atomic mass is 10.0. The Bertz CT molecular complexity index is 358. The second kappa shape index (κ2) is 4.87. The molecule has 0 amide bonds. The summed E-state index contributed by atoms with van der Waals surface area (Å²) < 4.78 is 43.0. The zero-order valence-corrected chi connectivity index (χ0v) is 9.56. The van der Waals surface area contributed by atoms with Crippen LogP contribution < -0.4 is 0 Å². The Balaban J connectivity index is 3.08. The highest BCUT2D eigenvalue weighted by molar-refractivity contribution is 5.32. The van der Waals surface area contributed by atoms with Crippen molar-refractivity contribution >= 4 is 0 Å². The molecular formula is C12H15F3O. The van der Waals surface area contributed by atoms with Crippen molar-refractivity contribution in [3.63, 3.8) is 0 Å². The maximum Gasteiger partial charge on any atom is 0.416 e. The van der Waals surface area contributed by atoms with Gasteiger partial charge in [0.15, 0.2) is 0 Å². The molecule has 1 atom stereocenters. The minimum atomic E-state index is -4.30. The summed E-state index contributed by atoms with van der Waals surface area (Å²) >= 11 is 0. The third-order valence-electron chi connectivity index (χ3n) is 2.31. The van der Waals surface area contributed by atoms with Gasteiger partial charge in [0.1, 0.15) is 0 Å². The number of rotatable bonds is 3. The lowest BCUT2D eigenvalue weighted by molar-refractivity contribution is -0.137. The lowest BCUT2D eigenvalue weighted by Gasteiger charge is -2.15. The summed E-state index contributed by atoms with van der Waals surface area (Å²) in [6.07, 6.45) is -4.61. The van der Waals surface area contributed by atoms with Gasteiger partial charge in [-0.25, -0.2) is 0 Å². The first kappa shape index (κ1) is 13.0. The van der Waals surface area contributed by atoms with Crippen LogP contribution in [-0.4, -0.2) is 6.61 Å². The summed E-state index contributed by atoms with van der Waals surface area (Å²) in [7, 11) is 0. The van der Waals surface area contributed by atoms with Crippen molar-refractivity contribution in [3.05, 3.63) is 34.9 Å². The van der Waals surface area contributed by atoms with Gasteiger partial charge in [0.25, 0.3) is 0 Å². The number of benzene rings is 1. The molecule has 0 aliphatic heterocycles. The third-order valence-corrected chi connectivity index (χ3v) is 2.31. The Morgan fingerprint density at radius 1 is 1.25 bits per heavy atom. The van der Waals surface area contributed by atoms with Gasteiger partial charge in [-0.05, 0) is 38.5 Å². The van der Waals surface area contributed by atoms with Crippen molar-refractivity contribution in [2.45, 2.75) is 33.1 Å². The Morgan fingerprint density at radius 3 is 2.38 bits per heavy atom. The zero-order chi connectivity index (χ0) is 12.3. The second-order valence-electron chi connectivity index (χ2n) is 3.73. The maximum absolute atomic E-state index is 12.6. The van der Waals surface area contributed by atoms with Crippen LogP contribution in [0.1, 0.15) is 36.6 Å². The van der Waals surface area contributed by atoms with E-state index in [9.17, 15) is 13.2 Å². The molecule has 1 aromatic rings. The minimum Gasteiger partial charge on any atom is -0.374 e. The summed E-state index contributed by atoms with van der Waals surface area (Å²) in [5.41, 5.74) is 0.541. The second-order valence-corrected chi connectivity index (χ2v) is 3.73. The van der Waals surface area contributed by atoms with E-state index in [0.29, 0.717) is 17.7 Å². The minimum absolute atomic E-state index is 0.314. The molecule has 0 heterocycles. The van der Waals surface area contributed by atoms with E-state index in [-0.39, 0.29) is 6.10 Å². The predicted octanol–water partition coefficient (Wildman–Crippen LogP) is 4.11. The van der Waals surface area contributed by atoms with Crippen LogP contribution in [0.25, 0.3) is 0 Å². The molecule has 0 saturated heterocycles. The van der Waals surface area contributed by atoms with Crippen LogP contribution in [0.2, 0.25) is 0 Å². The van der Waals surface area contributed by atoms with Gasteiger partial charge in [-0.1, -0.05) is 11.6 Å². The molecule has 0 spiro atoms. The zero-order valence-electron chi connectivity index (χ0n) is 9.56. The summed E-state index contributed by atoms with van der Waals surface area (Å²) in [5, 5.41) is 0. The number of ether oxygens (including phenoxy) is 1. The van der Waals surface area contributed by atoms with E-state index in [1.165, 1.54) is 0 Å². The Morgan fingerprint density at radius 2 is 1.88 bits per heavy atom. The van der Waals surface area contributed by atoms with Crippen molar-refractivity contribution < 1.29 is 17.9 Å². The molecular weight excluding hydrogens is 217 g/mol. The average molecular weight is 232 g/mol. The van der Waals surface area contributed by atoms with E-state index in [4.69, 9.17) is 4.74 Å². The van der Waals surface area contributed by atoms with Gasteiger partial charge in [0, 0.05) is 6.61 Å². The Hall–Kier alpha value is -1.03. The number of alkyl halides is 3. The fourth-order valence-corrected chi connectivity index (χ4v) is 1.56. The van der Waals surface area contributed by atoms with Crippen LogP contribution in [0.4, 0.5) is 13.2 Å². The molecule has 0 saturated carbocycles. The smallest absolute Gasteiger partial charge is 0.374 e. The quantitative estimate of drug-likeness (QED) is 0.762. The van der Waals surface area contributed by atoms with Crippen molar-refractivity contribution in [1.29, 1.82) is 0 Å². The largest absolute Gasteiger partial charge is 0.416 e. The molecule has 90 valence electrons. The first-order chi connectivity index (χ1) is 7.34. The SMILES string of the molecule is CCO[C@H](C)c1cc(C)cc(C(F)(F)F)c1. The normalized spacial score (nSPS) is 13.9. The monoisotopic (exact) mass is 232 g/mol. The lowest BCUT2D eigenvalue weighted by Crippen LogP contribution is -2.08. The molecule has 0 aromatic heterocycles. The van der Waals surface area contributed by atoms with Gasteiger partial charge in [0.2, 0.25) is 0 Å². The molecule has 0 unspecified atom stereocenters. The van der Waals surface area contributed by atoms with Crippen LogP contribution in [0, 0.1) is 6.92 Å². The van der Waals surface area contributed by atoms with Crippen LogP contribution in [0.5, 0.6) is 0 Å². The van der Waals surface area contributed by atoms with Crippen LogP contribution >= 0.6 is 0 Å². The fraction of sp³-hybridized carbons (Fsp3) is 0.500. The topological polar surface area (TPSA) is 9.23 Å². The molecule has 0 N–H and O–H groups in total. The summed E-state index contributed by atoms with van der Waals surface area (Å²) in [4.78, 5) is 0. The average Bonchev–Trinajstić information content (AvgIpc) is 2.16. The number of hydrogen-bond acceptors (Lipinski definition) is 1. The van der Waals surface area contributed by atoms with E-state index in [2.05, 4.69) is 0 Å². The third kappa shape index (κ3) is 3.23. The summed E-state index contributed by atoms with van der Waals surface area (Å²) in [6.45, 7) is 5.70. The summed E-state index contributed by atoms with van der Waals surface area (Å²) in [5.74, 6) is 0. The van der Waals surface area contributed by atoms with E-state index in [1.807, 2.05) is 6.92 Å². The first-order valence-electron chi connectivity index (χ1n) is 5.15. The molecule has 16 heavy (non-hydrogen) atoms. The first-order valence-corrected chi connectivity index (χ1v) is 5.15. The molecule has 1 aromatic carbocycles. The predicted molar refractivity (Wildman–Crippen MR) is 56.2 cm³/mol. The van der Waals surface area contributed by atoms with Gasteiger partial charge < -0.3 is 4.74 Å². The highest BCUT2D eigenvalue weighted by atomic mass is 19.4. The Labute approximate surface area is 93.2 Å². The molecule has 0 aliphatic rings. The highest BCUT2D eigenvalue weighted by Gasteiger charge is 2.31. The van der Waals surface area contributed by atoms with Gasteiger partial charge >= 0.3 is 6.18 Å². The van der Waals surface area contributed by atoms with Crippen molar-refractivity contribution in [2.24, 2.45) is 0 Å². The molecule has 1 rings (SSSR count). The van der Waals surface area contributed by atoms with Crippen LogP contribution in [-0.2, 0) is 10.9 Å². The number of halogens is 3. The molecule has 1 nitrogen and oxygen atoms in total. The molecule has 0 fully saturated rings. The Kier molecular flexibility index (Phi) is 3.97. The maximum atomic E-state index is 12.6. The van der Waals surface area contributed by atoms with Crippen molar-refractivity contribution in [2.75, 3.05) is 6.61 Å². The molecule has 4 heteroatoms. The van der Waals surface area contributed by atoms with Crippen molar-refractivity contribution in [3.8, 4) is 0 Å². The number of hydrogen-bond donors (Lipinski definition) is 0. The molecule has 0 radical (unpaired) electrons. The molecule has 0 aliphatic carbocycles. The van der Waals surface area contributed by atoms with E-state index in [1.54, 1.807) is 19.9 Å². The summed E-state index contributed by atoms with van der Waals surface area (Å²) in [6, 6.07) is 4.01.